The van der Waals surface area contributed by atoms with Crippen molar-refractivity contribution in [2.45, 2.75) is 57.9 Å². The van der Waals surface area contributed by atoms with Gasteiger partial charge < -0.3 is 5.32 Å². The summed E-state index contributed by atoms with van der Waals surface area (Å²) in [6.07, 6.45) is 7.76. The van der Waals surface area contributed by atoms with Gasteiger partial charge in [0.25, 0.3) is 0 Å². The van der Waals surface area contributed by atoms with Crippen LogP contribution in [0.1, 0.15) is 51.9 Å². The molecule has 4 aliphatic rings. The van der Waals surface area contributed by atoms with E-state index in [1.807, 2.05) is 6.07 Å². The summed E-state index contributed by atoms with van der Waals surface area (Å²) in [7, 11) is 0. The monoisotopic (exact) mass is 260 g/mol. The van der Waals surface area contributed by atoms with Gasteiger partial charge in [0.05, 0.1) is 6.07 Å². The molecule has 4 fully saturated rings. The molecule has 0 aliphatic heterocycles. The molecule has 3 nitrogen and oxygen atoms in total. The Hall–Kier alpha value is -1.04. The Morgan fingerprint density at radius 2 is 1.79 bits per heavy atom. The average Bonchev–Trinajstić information content (AvgIpc) is 2.35. The second kappa shape index (κ2) is 5.15. The maximum atomic E-state index is 11.8. The molecule has 0 spiro atoms. The maximum absolute atomic E-state index is 11.8. The smallest absolute Gasteiger partial charge is 0.221 e. The first kappa shape index (κ1) is 13.0. The molecule has 0 saturated heterocycles. The van der Waals surface area contributed by atoms with Crippen molar-refractivity contribution in [3.05, 3.63) is 0 Å². The van der Waals surface area contributed by atoms with Crippen molar-refractivity contribution in [3.63, 3.8) is 0 Å². The van der Waals surface area contributed by atoms with Gasteiger partial charge in [0, 0.05) is 18.9 Å². The lowest BCUT2D eigenvalue weighted by atomic mass is 9.50. The number of carbonyl (C=O) groups is 1. The summed E-state index contributed by atoms with van der Waals surface area (Å²) in [6, 6.07) is 2.33. The number of nitriles is 1. The standard InChI is InChI=1S/C16H24N2O/c1-10(18-15(19)3-2-4-17)16-13-6-11-5-12(8-13)9-14(16)7-11/h10-14,16H,2-3,5-9H2,1H3,(H,18,19). The molecule has 1 N–H and O–H groups in total. The zero-order valence-corrected chi connectivity index (χ0v) is 11.8. The van der Waals surface area contributed by atoms with Crippen molar-refractivity contribution in [2.24, 2.45) is 29.6 Å². The molecular weight excluding hydrogens is 236 g/mol. The SMILES string of the molecule is CC(NC(=O)CCC#N)C1C2CC3CC(C2)CC1C3. The van der Waals surface area contributed by atoms with Gasteiger partial charge in [-0.2, -0.15) is 5.26 Å². The quantitative estimate of drug-likeness (QED) is 0.845. The first-order chi connectivity index (χ1) is 9.17. The number of hydrogen-bond donors (Lipinski definition) is 1. The Bertz CT molecular complexity index is 370. The molecule has 4 rings (SSSR count). The van der Waals surface area contributed by atoms with Crippen LogP contribution in [0.25, 0.3) is 0 Å². The second-order valence-corrected chi connectivity index (χ2v) is 7.02. The van der Waals surface area contributed by atoms with Gasteiger partial charge in [0.15, 0.2) is 0 Å². The van der Waals surface area contributed by atoms with E-state index in [1.54, 1.807) is 0 Å². The molecule has 1 unspecified atom stereocenters. The summed E-state index contributed by atoms with van der Waals surface area (Å²) in [5.41, 5.74) is 0. The fourth-order valence-corrected chi connectivity index (χ4v) is 5.38. The zero-order valence-electron chi connectivity index (χ0n) is 11.8. The summed E-state index contributed by atoms with van der Waals surface area (Å²) in [5.74, 6) is 4.42. The van der Waals surface area contributed by atoms with E-state index in [1.165, 1.54) is 32.1 Å². The highest BCUT2D eigenvalue weighted by molar-refractivity contribution is 5.76. The molecule has 4 saturated carbocycles. The van der Waals surface area contributed by atoms with Gasteiger partial charge in [-0.05, 0) is 68.6 Å². The third-order valence-electron chi connectivity index (χ3n) is 5.73. The molecule has 104 valence electrons. The fraction of sp³-hybridized carbons (Fsp3) is 0.875. The third-order valence-corrected chi connectivity index (χ3v) is 5.73. The molecule has 0 aromatic heterocycles. The van der Waals surface area contributed by atoms with E-state index in [-0.39, 0.29) is 5.91 Å². The highest BCUT2D eigenvalue weighted by atomic mass is 16.1. The van der Waals surface area contributed by atoms with E-state index in [9.17, 15) is 4.79 Å². The highest BCUT2D eigenvalue weighted by Crippen LogP contribution is 2.57. The van der Waals surface area contributed by atoms with E-state index in [2.05, 4.69) is 12.2 Å². The largest absolute Gasteiger partial charge is 0.353 e. The molecule has 0 aromatic carbocycles. The van der Waals surface area contributed by atoms with Crippen LogP contribution in [0, 0.1) is 40.9 Å². The van der Waals surface area contributed by atoms with Crippen molar-refractivity contribution >= 4 is 5.91 Å². The summed E-state index contributed by atoms with van der Waals surface area (Å²) in [6.45, 7) is 2.18. The van der Waals surface area contributed by atoms with Crippen LogP contribution in [-0.2, 0) is 4.79 Å². The summed E-state index contributed by atoms with van der Waals surface area (Å²) < 4.78 is 0. The predicted octanol–water partition coefficient (Wildman–Crippen LogP) is 2.87. The molecule has 0 radical (unpaired) electrons. The molecule has 4 aliphatic carbocycles. The normalized spacial score (nSPS) is 40.7. The van der Waals surface area contributed by atoms with E-state index < -0.39 is 0 Å². The lowest BCUT2D eigenvalue weighted by Gasteiger charge is -2.56. The van der Waals surface area contributed by atoms with Gasteiger partial charge in [-0.15, -0.1) is 0 Å². The van der Waals surface area contributed by atoms with Crippen molar-refractivity contribution in [1.29, 1.82) is 5.26 Å². The van der Waals surface area contributed by atoms with Crippen LogP contribution in [0.4, 0.5) is 0 Å². The van der Waals surface area contributed by atoms with Crippen molar-refractivity contribution < 1.29 is 4.79 Å². The molecule has 0 aromatic rings. The summed E-state index contributed by atoms with van der Waals surface area (Å²) in [5, 5.41) is 11.7. The maximum Gasteiger partial charge on any atom is 0.221 e. The summed E-state index contributed by atoms with van der Waals surface area (Å²) in [4.78, 5) is 11.8. The van der Waals surface area contributed by atoms with Crippen molar-refractivity contribution in [3.8, 4) is 6.07 Å². The molecule has 0 heterocycles. The van der Waals surface area contributed by atoms with E-state index in [4.69, 9.17) is 5.26 Å². The van der Waals surface area contributed by atoms with Gasteiger partial charge in [0.2, 0.25) is 5.91 Å². The van der Waals surface area contributed by atoms with E-state index in [0.29, 0.717) is 24.8 Å². The number of hydrogen-bond acceptors (Lipinski definition) is 2. The Balaban J connectivity index is 1.59. The van der Waals surface area contributed by atoms with Gasteiger partial charge >= 0.3 is 0 Å². The predicted molar refractivity (Wildman–Crippen MR) is 73.0 cm³/mol. The first-order valence-corrected chi connectivity index (χ1v) is 7.83. The Morgan fingerprint density at radius 3 is 2.32 bits per heavy atom. The molecule has 4 bridgehead atoms. The van der Waals surface area contributed by atoms with Crippen LogP contribution in [-0.4, -0.2) is 11.9 Å². The molecule has 19 heavy (non-hydrogen) atoms. The first-order valence-electron chi connectivity index (χ1n) is 7.83. The minimum absolute atomic E-state index is 0.0582. The van der Waals surface area contributed by atoms with Crippen LogP contribution in [0.15, 0.2) is 0 Å². The van der Waals surface area contributed by atoms with Gasteiger partial charge in [-0.25, -0.2) is 0 Å². The van der Waals surface area contributed by atoms with E-state index >= 15 is 0 Å². The minimum Gasteiger partial charge on any atom is -0.353 e. The lowest BCUT2D eigenvalue weighted by molar-refractivity contribution is -0.123. The van der Waals surface area contributed by atoms with Crippen molar-refractivity contribution in [1.82, 2.24) is 5.32 Å². The highest BCUT2D eigenvalue weighted by Gasteiger charge is 2.49. The summed E-state index contributed by atoms with van der Waals surface area (Å²) >= 11 is 0. The third kappa shape index (κ3) is 2.50. The lowest BCUT2D eigenvalue weighted by Crippen LogP contribution is -2.53. The molecule has 3 heteroatoms. The zero-order chi connectivity index (χ0) is 13.4. The number of amides is 1. The molecular formula is C16H24N2O. The Morgan fingerprint density at radius 1 is 1.21 bits per heavy atom. The molecule has 1 atom stereocenters. The van der Waals surface area contributed by atoms with E-state index in [0.717, 1.165) is 23.7 Å². The number of nitrogens with zero attached hydrogens (tertiary/aromatic N) is 1. The Kier molecular flexibility index (Phi) is 3.52. The van der Waals surface area contributed by atoms with Crippen LogP contribution < -0.4 is 5.32 Å². The minimum atomic E-state index is 0.0582. The van der Waals surface area contributed by atoms with Gasteiger partial charge in [0.1, 0.15) is 0 Å². The number of nitrogens with one attached hydrogen (secondary N) is 1. The topological polar surface area (TPSA) is 52.9 Å². The Labute approximate surface area is 115 Å². The van der Waals surface area contributed by atoms with Gasteiger partial charge in [-0.3, -0.25) is 4.79 Å². The molecule has 1 amide bonds. The average molecular weight is 260 g/mol. The number of carbonyl (C=O) groups excluding carboxylic acids is 1. The van der Waals surface area contributed by atoms with Crippen LogP contribution in [0.2, 0.25) is 0 Å². The number of rotatable bonds is 4. The van der Waals surface area contributed by atoms with Gasteiger partial charge in [-0.1, -0.05) is 0 Å². The second-order valence-electron chi connectivity index (χ2n) is 7.02. The van der Waals surface area contributed by atoms with Crippen LogP contribution in [0.5, 0.6) is 0 Å². The van der Waals surface area contributed by atoms with Crippen LogP contribution in [0.3, 0.4) is 0 Å². The van der Waals surface area contributed by atoms with Crippen molar-refractivity contribution in [2.75, 3.05) is 0 Å². The fourth-order valence-electron chi connectivity index (χ4n) is 5.38. The van der Waals surface area contributed by atoms with Crippen LogP contribution >= 0.6 is 0 Å².